The largest absolute Gasteiger partial charge is 0.332 e. The van der Waals surface area contributed by atoms with Crippen LogP contribution in [0.15, 0.2) is 71.2 Å². The SMILES string of the molecule is S=C(Nc1ccccc1Br)Nc1cccc2ccccc12. The van der Waals surface area contributed by atoms with Crippen LogP contribution in [0.3, 0.4) is 0 Å². The van der Waals surface area contributed by atoms with Crippen LogP contribution in [0, 0.1) is 0 Å². The van der Waals surface area contributed by atoms with Gasteiger partial charge in [-0.15, -0.1) is 0 Å². The Morgan fingerprint density at radius 3 is 2.24 bits per heavy atom. The first kappa shape index (κ1) is 14.0. The molecule has 0 fully saturated rings. The Balaban J connectivity index is 1.82. The predicted molar refractivity (Wildman–Crippen MR) is 97.9 cm³/mol. The molecular formula is C17H13BrN2S. The zero-order chi connectivity index (χ0) is 14.7. The molecule has 0 saturated heterocycles. The highest BCUT2D eigenvalue weighted by Gasteiger charge is 2.04. The highest BCUT2D eigenvalue weighted by atomic mass is 79.9. The van der Waals surface area contributed by atoms with Gasteiger partial charge in [0.15, 0.2) is 5.11 Å². The van der Waals surface area contributed by atoms with E-state index in [1.807, 2.05) is 48.5 Å². The van der Waals surface area contributed by atoms with Crippen molar-refractivity contribution in [3.63, 3.8) is 0 Å². The van der Waals surface area contributed by atoms with Crippen molar-refractivity contribution in [1.82, 2.24) is 0 Å². The van der Waals surface area contributed by atoms with Gasteiger partial charge >= 0.3 is 0 Å². The Bertz CT molecular complexity index is 796. The topological polar surface area (TPSA) is 24.1 Å². The summed E-state index contributed by atoms with van der Waals surface area (Å²) in [5.74, 6) is 0. The van der Waals surface area contributed by atoms with Crippen LogP contribution in [0.4, 0.5) is 11.4 Å². The molecule has 0 atom stereocenters. The minimum Gasteiger partial charge on any atom is -0.332 e. The molecule has 2 nitrogen and oxygen atoms in total. The molecule has 3 rings (SSSR count). The van der Waals surface area contributed by atoms with E-state index in [4.69, 9.17) is 12.2 Å². The van der Waals surface area contributed by atoms with Crippen molar-refractivity contribution in [2.24, 2.45) is 0 Å². The highest BCUT2D eigenvalue weighted by Crippen LogP contribution is 2.24. The molecule has 2 N–H and O–H groups in total. The lowest BCUT2D eigenvalue weighted by atomic mass is 10.1. The Morgan fingerprint density at radius 2 is 1.38 bits per heavy atom. The number of nitrogens with one attached hydrogen (secondary N) is 2. The van der Waals surface area contributed by atoms with Crippen molar-refractivity contribution in [3.05, 3.63) is 71.2 Å². The molecule has 0 aliphatic rings. The maximum absolute atomic E-state index is 5.40. The van der Waals surface area contributed by atoms with E-state index in [1.165, 1.54) is 5.39 Å². The van der Waals surface area contributed by atoms with Crippen molar-refractivity contribution in [2.75, 3.05) is 10.6 Å². The first-order chi connectivity index (χ1) is 10.2. The third kappa shape index (κ3) is 3.23. The van der Waals surface area contributed by atoms with Crippen LogP contribution in [0.1, 0.15) is 0 Å². The van der Waals surface area contributed by atoms with E-state index < -0.39 is 0 Å². The van der Waals surface area contributed by atoms with Crippen LogP contribution in [0.5, 0.6) is 0 Å². The van der Waals surface area contributed by atoms with Crippen molar-refractivity contribution in [1.29, 1.82) is 0 Å². The Hall–Kier alpha value is -1.91. The molecule has 104 valence electrons. The second-order valence-electron chi connectivity index (χ2n) is 4.59. The maximum Gasteiger partial charge on any atom is 0.175 e. The van der Waals surface area contributed by atoms with Crippen LogP contribution in [0.2, 0.25) is 0 Å². The van der Waals surface area contributed by atoms with Crippen molar-refractivity contribution < 1.29 is 0 Å². The molecule has 21 heavy (non-hydrogen) atoms. The number of benzene rings is 3. The molecule has 0 radical (unpaired) electrons. The molecule has 3 aromatic carbocycles. The van der Waals surface area contributed by atoms with Gasteiger partial charge in [-0.05, 0) is 51.7 Å². The van der Waals surface area contributed by atoms with E-state index >= 15 is 0 Å². The Kier molecular flexibility index (Phi) is 4.18. The first-order valence-electron chi connectivity index (χ1n) is 6.54. The van der Waals surface area contributed by atoms with E-state index in [9.17, 15) is 0 Å². The molecule has 3 aromatic rings. The van der Waals surface area contributed by atoms with Gasteiger partial charge in [0.1, 0.15) is 0 Å². The zero-order valence-corrected chi connectivity index (χ0v) is 13.5. The third-order valence-electron chi connectivity index (χ3n) is 3.16. The standard InChI is InChI=1S/C17H13BrN2S/c18-14-9-3-4-10-16(14)20-17(21)19-15-11-5-7-12-6-1-2-8-13(12)15/h1-11H,(H2,19,20,21). The molecule has 0 spiro atoms. The van der Waals surface area contributed by atoms with Gasteiger partial charge in [-0.25, -0.2) is 0 Å². The number of fused-ring (bicyclic) bond motifs is 1. The van der Waals surface area contributed by atoms with Crippen LogP contribution in [-0.4, -0.2) is 5.11 Å². The van der Waals surface area contributed by atoms with Gasteiger partial charge in [0.05, 0.1) is 5.69 Å². The van der Waals surface area contributed by atoms with Crippen LogP contribution in [0.25, 0.3) is 10.8 Å². The van der Waals surface area contributed by atoms with Gasteiger partial charge in [-0.1, -0.05) is 48.5 Å². The fourth-order valence-electron chi connectivity index (χ4n) is 2.17. The van der Waals surface area contributed by atoms with Crippen molar-refractivity contribution in [2.45, 2.75) is 0 Å². The lowest BCUT2D eigenvalue weighted by Gasteiger charge is -2.13. The van der Waals surface area contributed by atoms with Gasteiger partial charge in [0, 0.05) is 15.5 Å². The van der Waals surface area contributed by atoms with Crippen LogP contribution in [-0.2, 0) is 0 Å². The Labute approximate surface area is 137 Å². The predicted octanol–water partition coefficient (Wildman–Crippen LogP) is 5.41. The molecule has 0 aliphatic heterocycles. The molecule has 0 unspecified atom stereocenters. The molecular weight excluding hydrogens is 344 g/mol. The molecule has 0 bridgehead atoms. The summed E-state index contributed by atoms with van der Waals surface area (Å²) in [6.45, 7) is 0. The van der Waals surface area contributed by atoms with E-state index in [-0.39, 0.29) is 0 Å². The fraction of sp³-hybridized carbons (Fsp3) is 0. The molecule has 0 heterocycles. The second kappa shape index (κ2) is 6.24. The summed E-state index contributed by atoms with van der Waals surface area (Å²) in [5.41, 5.74) is 1.94. The zero-order valence-electron chi connectivity index (χ0n) is 11.1. The maximum atomic E-state index is 5.40. The summed E-state index contributed by atoms with van der Waals surface area (Å²) in [7, 11) is 0. The van der Waals surface area contributed by atoms with E-state index in [0.717, 1.165) is 21.2 Å². The van der Waals surface area contributed by atoms with E-state index in [0.29, 0.717) is 5.11 Å². The lowest BCUT2D eigenvalue weighted by molar-refractivity contribution is 1.58. The monoisotopic (exact) mass is 356 g/mol. The molecule has 0 saturated carbocycles. The van der Waals surface area contributed by atoms with Crippen molar-refractivity contribution >= 4 is 55.4 Å². The van der Waals surface area contributed by atoms with Gasteiger partial charge in [0.2, 0.25) is 0 Å². The summed E-state index contributed by atoms with van der Waals surface area (Å²) in [6, 6.07) is 22.2. The number of thiocarbonyl (C=S) groups is 1. The number of halogens is 1. The van der Waals surface area contributed by atoms with Crippen LogP contribution >= 0.6 is 28.1 Å². The van der Waals surface area contributed by atoms with Gasteiger partial charge in [-0.3, -0.25) is 0 Å². The number of hydrogen-bond donors (Lipinski definition) is 2. The highest BCUT2D eigenvalue weighted by molar-refractivity contribution is 9.10. The van der Waals surface area contributed by atoms with E-state index in [1.54, 1.807) is 0 Å². The first-order valence-corrected chi connectivity index (χ1v) is 7.74. The van der Waals surface area contributed by atoms with Crippen LogP contribution < -0.4 is 10.6 Å². The lowest BCUT2D eigenvalue weighted by Crippen LogP contribution is -2.19. The third-order valence-corrected chi connectivity index (χ3v) is 4.06. The second-order valence-corrected chi connectivity index (χ2v) is 5.85. The molecule has 0 aromatic heterocycles. The molecule has 4 heteroatoms. The van der Waals surface area contributed by atoms with Gasteiger partial charge in [0.25, 0.3) is 0 Å². The Morgan fingerprint density at radius 1 is 0.762 bits per heavy atom. The van der Waals surface area contributed by atoms with E-state index in [2.05, 4.69) is 44.8 Å². The number of hydrogen-bond acceptors (Lipinski definition) is 1. The minimum atomic E-state index is 0.568. The average Bonchev–Trinajstić information content (AvgIpc) is 2.50. The summed E-state index contributed by atoms with van der Waals surface area (Å²) >= 11 is 8.90. The quantitative estimate of drug-likeness (QED) is 0.600. The summed E-state index contributed by atoms with van der Waals surface area (Å²) in [6.07, 6.45) is 0. The van der Waals surface area contributed by atoms with Gasteiger partial charge in [-0.2, -0.15) is 0 Å². The summed E-state index contributed by atoms with van der Waals surface area (Å²) < 4.78 is 0.979. The van der Waals surface area contributed by atoms with Crippen molar-refractivity contribution in [3.8, 4) is 0 Å². The normalized spacial score (nSPS) is 10.3. The number of rotatable bonds is 2. The smallest absolute Gasteiger partial charge is 0.175 e. The average molecular weight is 357 g/mol. The fourth-order valence-corrected chi connectivity index (χ4v) is 2.78. The summed E-state index contributed by atoms with van der Waals surface area (Å²) in [5, 5.41) is 9.36. The summed E-state index contributed by atoms with van der Waals surface area (Å²) in [4.78, 5) is 0. The van der Waals surface area contributed by atoms with Gasteiger partial charge < -0.3 is 10.6 Å². The number of para-hydroxylation sites is 1. The number of anilines is 2. The molecule has 0 aliphatic carbocycles. The minimum absolute atomic E-state index is 0.568. The molecule has 0 amide bonds.